The molecule has 0 bridgehead atoms. The van der Waals surface area contributed by atoms with Gasteiger partial charge in [0.25, 0.3) is 5.56 Å². The van der Waals surface area contributed by atoms with E-state index in [1.807, 2.05) is 6.07 Å². The quantitative estimate of drug-likeness (QED) is 0.753. The molecule has 1 saturated heterocycles. The van der Waals surface area contributed by atoms with Gasteiger partial charge < -0.3 is 19.9 Å². The molecule has 0 unspecified atom stereocenters. The maximum Gasteiger partial charge on any atom is 0.250 e. The maximum atomic E-state index is 13.2. The Bertz CT molecular complexity index is 857. The van der Waals surface area contributed by atoms with Gasteiger partial charge in [-0.15, -0.1) is 0 Å². The average molecular weight is 385 g/mol. The minimum absolute atomic E-state index is 0.0234. The summed E-state index contributed by atoms with van der Waals surface area (Å²) in [5.41, 5.74) is 0.700. The zero-order valence-corrected chi connectivity index (χ0v) is 15.9. The van der Waals surface area contributed by atoms with Crippen LogP contribution >= 0.6 is 0 Å². The van der Waals surface area contributed by atoms with Gasteiger partial charge >= 0.3 is 0 Å². The Morgan fingerprint density at radius 2 is 1.89 bits per heavy atom. The summed E-state index contributed by atoms with van der Waals surface area (Å²) in [7, 11) is 0. The smallest absolute Gasteiger partial charge is 0.250 e. The van der Waals surface area contributed by atoms with Gasteiger partial charge in [-0.05, 0) is 43.6 Å². The number of hydrogen-bond donors (Lipinski definition) is 2. The van der Waals surface area contributed by atoms with Crippen LogP contribution in [0.15, 0.2) is 23.0 Å². The fourth-order valence-corrected chi connectivity index (χ4v) is 5.06. The highest BCUT2D eigenvalue weighted by Gasteiger charge is 2.57. The summed E-state index contributed by atoms with van der Waals surface area (Å²) in [4.78, 5) is 40.4. The van der Waals surface area contributed by atoms with E-state index in [9.17, 15) is 19.5 Å². The highest BCUT2D eigenvalue weighted by molar-refractivity contribution is 5.89. The lowest BCUT2D eigenvalue weighted by Gasteiger charge is -2.31. The van der Waals surface area contributed by atoms with Crippen LogP contribution in [0.4, 0.5) is 0 Å². The minimum Gasteiger partial charge on any atom is -0.396 e. The number of fused-ring (bicyclic) bond motifs is 3. The third-order valence-corrected chi connectivity index (χ3v) is 6.93. The van der Waals surface area contributed by atoms with Crippen molar-refractivity contribution in [2.45, 2.75) is 50.7 Å². The summed E-state index contributed by atoms with van der Waals surface area (Å²) in [5.74, 6) is 0.312. The summed E-state index contributed by atoms with van der Waals surface area (Å²) in [5, 5.41) is 13.2. The van der Waals surface area contributed by atoms with Gasteiger partial charge in [0.2, 0.25) is 11.8 Å². The number of carbonyl (C=O) groups excluding carboxylic acids is 2. The first-order valence-corrected chi connectivity index (χ1v) is 10.5. The minimum atomic E-state index is -0.658. The van der Waals surface area contributed by atoms with Gasteiger partial charge in [0, 0.05) is 49.7 Å². The van der Waals surface area contributed by atoms with Gasteiger partial charge in [-0.1, -0.05) is 6.07 Å². The fourth-order valence-electron chi connectivity index (χ4n) is 5.06. The molecule has 2 aliphatic heterocycles. The molecule has 28 heavy (non-hydrogen) atoms. The molecule has 5 rings (SSSR count). The van der Waals surface area contributed by atoms with Crippen LogP contribution in [0.2, 0.25) is 0 Å². The Morgan fingerprint density at radius 1 is 1.14 bits per heavy atom. The first-order valence-electron chi connectivity index (χ1n) is 10.5. The number of rotatable bonds is 6. The van der Waals surface area contributed by atoms with Crippen molar-refractivity contribution in [1.82, 2.24) is 14.8 Å². The van der Waals surface area contributed by atoms with Gasteiger partial charge in [0.1, 0.15) is 6.04 Å². The maximum absolute atomic E-state index is 13.2. The second-order valence-corrected chi connectivity index (χ2v) is 8.94. The summed E-state index contributed by atoms with van der Waals surface area (Å²) in [6.45, 7) is 0.923. The average Bonchev–Trinajstić information content (AvgIpc) is 3.59. The predicted molar refractivity (Wildman–Crippen MR) is 101 cm³/mol. The predicted octanol–water partition coefficient (Wildman–Crippen LogP) is 0.665. The summed E-state index contributed by atoms with van der Waals surface area (Å²) < 4.78 is 1.70. The number of hydrogen-bond acceptors (Lipinski definition) is 4. The molecule has 150 valence electrons. The molecule has 7 heteroatoms. The number of aromatic nitrogens is 1. The van der Waals surface area contributed by atoms with Crippen LogP contribution in [0.5, 0.6) is 0 Å². The van der Waals surface area contributed by atoms with Crippen molar-refractivity contribution in [1.29, 1.82) is 0 Å². The van der Waals surface area contributed by atoms with Crippen LogP contribution in [0.25, 0.3) is 0 Å². The molecule has 4 atom stereocenters. The number of amides is 2. The van der Waals surface area contributed by atoms with Crippen LogP contribution in [-0.4, -0.2) is 45.6 Å². The Labute approximate surface area is 163 Å². The molecule has 1 aromatic heterocycles. The molecule has 2 amide bonds. The molecular weight excluding hydrogens is 358 g/mol. The lowest BCUT2D eigenvalue weighted by Crippen LogP contribution is -2.50. The Morgan fingerprint density at radius 3 is 2.57 bits per heavy atom. The van der Waals surface area contributed by atoms with Crippen molar-refractivity contribution in [3.05, 3.63) is 34.2 Å². The third kappa shape index (κ3) is 2.96. The number of carbonyl (C=O) groups is 2. The highest BCUT2D eigenvalue weighted by Crippen LogP contribution is 2.50. The van der Waals surface area contributed by atoms with Crippen molar-refractivity contribution in [2.24, 2.45) is 23.7 Å². The zero-order chi connectivity index (χ0) is 19.4. The van der Waals surface area contributed by atoms with Gasteiger partial charge in [-0.3, -0.25) is 14.4 Å². The van der Waals surface area contributed by atoms with Gasteiger partial charge in [0.15, 0.2) is 0 Å². The first kappa shape index (κ1) is 17.9. The molecule has 2 saturated carbocycles. The van der Waals surface area contributed by atoms with E-state index in [4.69, 9.17) is 0 Å². The van der Waals surface area contributed by atoms with Crippen molar-refractivity contribution < 1.29 is 14.7 Å². The van der Waals surface area contributed by atoms with E-state index in [1.54, 1.807) is 15.5 Å². The Kier molecular flexibility index (Phi) is 4.30. The molecule has 3 fully saturated rings. The van der Waals surface area contributed by atoms with Crippen LogP contribution in [-0.2, 0) is 16.1 Å². The second-order valence-electron chi connectivity index (χ2n) is 8.94. The third-order valence-electron chi connectivity index (χ3n) is 6.93. The van der Waals surface area contributed by atoms with E-state index in [2.05, 4.69) is 5.32 Å². The standard InChI is InChI=1S/C21H27N3O4/c25-11-15-14-10-23-16(2-1-3-17(23)26)19(14)24(18(27)8-12-4-5-12)20(15)21(28)22-9-13-6-7-13/h1-3,12-15,19-20,25H,4-11H2,(H,22,28)/t14-,15-,19+,20-/m1/s1. The van der Waals surface area contributed by atoms with Crippen molar-refractivity contribution >= 4 is 11.8 Å². The molecule has 4 aliphatic rings. The lowest BCUT2D eigenvalue weighted by molar-refractivity contribution is -0.142. The molecule has 0 radical (unpaired) electrons. The van der Waals surface area contributed by atoms with Crippen molar-refractivity contribution in [3.8, 4) is 0 Å². The summed E-state index contributed by atoms with van der Waals surface area (Å²) in [6.07, 6.45) is 4.85. The number of likely N-dealkylation sites (tertiary alicyclic amines) is 1. The number of aliphatic hydroxyl groups excluding tert-OH is 1. The molecule has 1 aromatic rings. The van der Waals surface area contributed by atoms with E-state index < -0.39 is 6.04 Å². The number of nitrogens with one attached hydrogen (secondary N) is 1. The normalized spacial score (nSPS) is 30.8. The number of nitrogens with zero attached hydrogens (tertiary/aromatic N) is 2. The molecule has 3 heterocycles. The van der Waals surface area contributed by atoms with E-state index in [1.165, 1.54) is 6.07 Å². The number of pyridine rings is 1. The summed E-state index contributed by atoms with van der Waals surface area (Å²) >= 11 is 0. The van der Waals surface area contributed by atoms with E-state index in [0.29, 0.717) is 31.3 Å². The van der Waals surface area contributed by atoms with Crippen molar-refractivity contribution in [3.63, 3.8) is 0 Å². The zero-order valence-electron chi connectivity index (χ0n) is 15.9. The SMILES string of the molecule is O=C(NCC1CC1)[C@H]1[C@H](CO)[C@H]2Cn3c(cccc3=O)[C@H]2N1C(=O)CC1CC1. The van der Waals surface area contributed by atoms with Crippen LogP contribution < -0.4 is 10.9 Å². The molecular formula is C21H27N3O4. The molecule has 7 nitrogen and oxygen atoms in total. The highest BCUT2D eigenvalue weighted by atomic mass is 16.3. The monoisotopic (exact) mass is 385 g/mol. The molecule has 0 spiro atoms. The van der Waals surface area contributed by atoms with E-state index >= 15 is 0 Å². The van der Waals surface area contributed by atoms with E-state index in [-0.39, 0.29) is 41.9 Å². The van der Waals surface area contributed by atoms with Crippen molar-refractivity contribution in [2.75, 3.05) is 13.2 Å². The fraction of sp³-hybridized carbons (Fsp3) is 0.667. The lowest BCUT2D eigenvalue weighted by atomic mass is 9.88. The van der Waals surface area contributed by atoms with Gasteiger partial charge in [-0.25, -0.2) is 0 Å². The molecule has 2 aliphatic carbocycles. The van der Waals surface area contributed by atoms with Crippen LogP contribution in [0, 0.1) is 23.7 Å². The van der Waals surface area contributed by atoms with Crippen LogP contribution in [0.3, 0.4) is 0 Å². The summed E-state index contributed by atoms with van der Waals surface area (Å²) in [6, 6.07) is 4.15. The molecule has 0 aromatic carbocycles. The van der Waals surface area contributed by atoms with E-state index in [0.717, 1.165) is 31.4 Å². The van der Waals surface area contributed by atoms with Gasteiger partial charge in [0.05, 0.1) is 6.04 Å². The largest absolute Gasteiger partial charge is 0.396 e. The van der Waals surface area contributed by atoms with Crippen LogP contribution in [0.1, 0.15) is 43.8 Å². The Balaban J connectivity index is 1.50. The molecule has 2 N–H and O–H groups in total. The number of aliphatic hydroxyl groups is 1. The topological polar surface area (TPSA) is 91.6 Å². The second kappa shape index (κ2) is 6.72. The first-order chi connectivity index (χ1) is 13.6. The van der Waals surface area contributed by atoms with Gasteiger partial charge in [-0.2, -0.15) is 0 Å². The Hall–Kier alpha value is -2.15.